The standard InChI is InChI=1S/C13H18N2O2S/c1-3-9(2)12-13(17)14-6-11(16)15(12)7-10-4-5-18-8-10/h4-5,8-9,12H,3,6-7H2,1-2H3,(H,14,17). The van der Waals surface area contributed by atoms with Crippen LogP contribution in [0.5, 0.6) is 0 Å². The highest BCUT2D eigenvalue weighted by molar-refractivity contribution is 7.07. The molecule has 2 heterocycles. The summed E-state index contributed by atoms with van der Waals surface area (Å²) in [6.07, 6.45) is 0.880. The van der Waals surface area contributed by atoms with Crippen molar-refractivity contribution in [3.05, 3.63) is 22.4 Å². The average molecular weight is 266 g/mol. The van der Waals surface area contributed by atoms with Crippen molar-refractivity contribution in [3.63, 3.8) is 0 Å². The van der Waals surface area contributed by atoms with E-state index in [0.717, 1.165) is 12.0 Å². The predicted molar refractivity (Wildman–Crippen MR) is 71.1 cm³/mol. The molecule has 1 saturated heterocycles. The van der Waals surface area contributed by atoms with Gasteiger partial charge in [-0.3, -0.25) is 9.59 Å². The van der Waals surface area contributed by atoms with Crippen LogP contribution in [0, 0.1) is 5.92 Å². The topological polar surface area (TPSA) is 49.4 Å². The lowest BCUT2D eigenvalue weighted by Crippen LogP contribution is -2.60. The molecule has 98 valence electrons. The largest absolute Gasteiger partial charge is 0.345 e. The number of piperazine rings is 1. The molecular weight excluding hydrogens is 248 g/mol. The number of nitrogens with one attached hydrogen (secondary N) is 1. The van der Waals surface area contributed by atoms with Crippen molar-refractivity contribution in [3.8, 4) is 0 Å². The third kappa shape index (κ3) is 2.56. The Kier molecular flexibility index (Phi) is 4.01. The van der Waals surface area contributed by atoms with Crippen LogP contribution in [0.25, 0.3) is 0 Å². The van der Waals surface area contributed by atoms with Gasteiger partial charge in [0.15, 0.2) is 0 Å². The van der Waals surface area contributed by atoms with Crippen LogP contribution in [-0.2, 0) is 16.1 Å². The van der Waals surface area contributed by atoms with Gasteiger partial charge in [0.1, 0.15) is 6.04 Å². The Morgan fingerprint density at radius 3 is 2.94 bits per heavy atom. The van der Waals surface area contributed by atoms with Crippen LogP contribution in [0.1, 0.15) is 25.8 Å². The molecule has 1 aromatic heterocycles. The van der Waals surface area contributed by atoms with Crippen molar-refractivity contribution in [1.29, 1.82) is 0 Å². The van der Waals surface area contributed by atoms with Gasteiger partial charge in [0.25, 0.3) is 0 Å². The minimum Gasteiger partial charge on any atom is -0.345 e. The van der Waals surface area contributed by atoms with E-state index in [1.165, 1.54) is 0 Å². The summed E-state index contributed by atoms with van der Waals surface area (Å²) in [5.74, 6) is 0.151. The highest BCUT2D eigenvalue weighted by Crippen LogP contribution is 2.21. The molecule has 0 radical (unpaired) electrons. The summed E-state index contributed by atoms with van der Waals surface area (Å²) in [5.41, 5.74) is 1.09. The first-order valence-corrected chi connectivity index (χ1v) is 7.16. The average Bonchev–Trinajstić information content (AvgIpc) is 2.86. The van der Waals surface area contributed by atoms with E-state index in [2.05, 4.69) is 5.32 Å². The highest BCUT2D eigenvalue weighted by atomic mass is 32.1. The van der Waals surface area contributed by atoms with Gasteiger partial charge in [-0.25, -0.2) is 0 Å². The molecule has 1 fully saturated rings. The van der Waals surface area contributed by atoms with Gasteiger partial charge >= 0.3 is 0 Å². The number of hydrogen-bond donors (Lipinski definition) is 1. The first-order chi connectivity index (χ1) is 8.63. The van der Waals surface area contributed by atoms with E-state index in [0.29, 0.717) is 6.54 Å². The summed E-state index contributed by atoms with van der Waals surface area (Å²) >= 11 is 1.61. The molecule has 2 amide bonds. The maximum atomic E-state index is 12.0. The van der Waals surface area contributed by atoms with Gasteiger partial charge in [0.2, 0.25) is 11.8 Å². The molecule has 1 aliphatic rings. The third-order valence-electron chi connectivity index (χ3n) is 3.45. The highest BCUT2D eigenvalue weighted by Gasteiger charge is 2.37. The fourth-order valence-electron chi connectivity index (χ4n) is 2.22. The van der Waals surface area contributed by atoms with Gasteiger partial charge in [-0.05, 0) is 28.3 Å². The molecule has 2 atom stereocenters. The molecule has 2 rings (SSSR count). The van der Waals surface area contributed by atoms with Gasteiger partial charge in [-0.1, -0.05) is 20.3 Å². The fourth-order valence-corrected chi connectivity index (χ4v) is 2.88. The summed E-state index contributed by atoms with van der Waals surface area (Å²) in [7, 11) is 0. The van der Waals surface area contributed by atoms with Gasteiger partial charge in [-0.15, -0.1) is 0 Å². The van der Waals surface area contributed by atoms with Crippen molar-refractivity contribution >= 4 is 23.2 Å². The maximum absolute atomic E-state index is 12.0. The number of carbonyl (C=O) groups excluding carboxylic acids is 2. The summed E-state index contributed by atoms with van der Waals surface area (Å²) in [6, 6.07) is 1.66. The Morgan fingerprint density at radius 2 is 2.33 bits per heavy atom. The zero-order valence-electron chi connectivity index (χ0n) is 10.7. The minimum absolute atomic E-state index is 0.00565. The summed E-state index contributed by atoms with van der Waals surface area (Å²) in [6.45, 7) is 4.71. The predicted octanol–water partition coefficient (Wildman–Crippen LogP) is 1.62. The molecule has 0 saturated carbocycles. The molecule has 0 spiro atoms. The van der Waals surface area contributed by atoms with E-state index in [1.807, 2.05) is 30.7 Å². The number of carbonyl (C=O) groups is 2. The maximum Gasteiger partial charge on any atom is 0.243 e. The van der Waals surface area contributed by atoms with Gasteiger partial charge < -0.3 is 10.2 Å². The van der Waals surface area contributed by atoms with Crippen molar-refractivity contribution in [2.75, 3.05) is 6.54 Å². The van der Waals surface area contributed by atoms with E-state index in [-0.39, 0.29) is 30.3 Å². The number of rotatable bonds is 4. The molecule has 4 nitrogen and oxygen atoms in total. The minimum atomic E-state index is -0.337. The van der Waals surface area contributed by atoms with Crippen molar-refractivity contribution in [1.82, 2.24) is 10.2 Å². The molecule has 1 aromatic rings. The Hall–Kier alpha value is -1.36. The monoisotopic (exact) mass is 266 g/mol. The Bertz CT molecular complexity index is 430. The Morgan fingerprint density at radius 1 is 1.56 bits per heavy atom. The Balaban J connectivity index is 2.20. The number of nitrogens with zero attached hydrogens (tertiary/aromatic N) is 1. The zero-order chi connectivity index (χ0) is 13.1. The van der Waals surface area contributed by atoms with Crippen LogP contribution in [-0.4, -0.2) is 29.3 Å². The van der Waals surface area contributed by atoms with Gasteiger partial charge in [0, 0.05) is 6.54 Å². The third-order valence-corrected chi connectivity index (χ3v) is 4.19. The molecule has 5 heteroatoms. The van der Waals surface area contributed by atoms with E-state index in [4.69, 9.17) is 0 Å². The quantitative estimate of drug-likeness (QED) is 0.900. The van der Waals surface area contributed by atoms with Crippen molar-refractivity contribution in [2.45, 2.75) is 32.9 Å². The number of hydrogen-bond acceptors (Lipinski definition) is 3. The van der Waals surface area contributed by atoms with E-state index in [1.54, 1.807) is 16.2 Å². The second kappa shape index (κ2) is 5.52. The van der Waals surface area contributed by atoms with Crippen LogP contribution in [0.15, 0.2) is 16.8 Å². The molecule has 0 bridgehead atoms. The summed E-state index contributed by atoms with van der Waals surface area (Å²) in [4.78, 5) is 25.7. The van der Waals surface area contributed by atoms with Crippen molar-refractivity contribution < 1.29 is 9.59 Å². The van der Waals surface area contributed by atoms with Crippen LogP contribution in [0.4, 0.5) is 0 Å². The number of thiophene rings is 1. The van der Waals surface area contributed by atoms with E-state index >= 15 is 0 Å². The normalized spacial score (nSPS) is 21.9. The van der Waals surface area contributed by atoms with Crippen LogP contribution in [0.2, 0.25) is 0 Å². The molecule has 2 unspecified atom stereocenters. The molecule has 1 N–H and O–H groups in total. The molecule has 0 aliphatic carbocycles. The second-order valence-corrected chi connectivity index (χ2v) is 5.48. The zero-order valence-corrected chi connectivity index (χ0v) is 11.5. The molecular formula is C13H18N2O2S. The van der Waals surface area contributed by atoms with Crippen LogP contribution in [0.3, 0.4) is 0 Å². The first kappa shape index (κ1) is 13.1. The molecule has 0 aromatic carbocycles. The summed E-state index contributed by atoms with van der Waals surface area (Å²) < 4.78 is 0. The van der Waals surface area contributed by atoms with Crippen LogP contribution < -0.4 is 5.32 Å². The van der Waals surface area contributed by atoms with Crippen LogP contribution >= 0.6 is 11.3 Å². The SMILES string of the molecule is CCC(C)C1C(=O)NCC(=O)N1Cc1ccsc1. The lowest BCUT2D eigenvalue weighted by atomic mass is 9.94. The van der Waals surface area contributed by atoms with Gasteiger partial charge in [0.05, 0.1) is 6.54 Å². The lowest BCUT2D eigenvalue weighted by molar-refractivity contribution is -0.148. The van der Waals surface area contributed by atoms with Gasteiger partial charge in [-0.2, -0.15) is 11.3 Å². The number of amides is 2. The van der Waals surface area contributed by atoms with E-state index < -0.39 is 0 Å². The molecule has 18 heavy (non-hydrogen) atoms. The summed E-state index contributed by atoms with van der Waals surface area (Å²) in [5, 5.41) is 6.69. The smallest absolute Gasteiger partial charge is 0.243 e. The lowest BCUT2D eigenvalue weighted by Gasteiger charge is -2.37. The van der Waals surface area contributed by atoms with E-state index in [9.17, 15) is 9.59 Å². The molecule has 1 aliphatic heterocycles. The Labute approximate surface area is 111 Å². The fraction of sp³-hybridized carbons (Fsp3) is 0.538. The van der Waals surface area contributed by atoms with Crippen molar-refractivity contribution in [2.24, 2.45) is 5.92 Å². The first-order valence-electron chi connectivity index (χ1n) is 6.21. The second-order valence-electron chi connectivity index (χ2n) is 4.70.